The summed E-state index contributed by atoms with van der Waals surface area (Å²) in [6.07, 6.45) is 3.78. The molecule has 0 saturated carbocycles. The van der Waals surface area contributed by atoms with E-state index in [9.17, 15) is 0 Å². The Bertz CT molecular complexity index is 548. The molecule has 0 amide bonds. The largest absolute Gasteiger partial charge is 0.339 e. The summed E-state index contributed by atoms with van der Waals surface area (Å²) in [6, 6.07) is 0.365. The summed E-state index contributed by atoms with van der Waals surface area (Å²) in [4.78, 5) is 8.10. The number of thiazole rings is 1. The van der Waals surface area contributed by atoms with E-state index in [2.05, 4.69) is 43.8 Å². The highest BCUT2D eigenvalue weighted by Crippen LogP contribution is 2.28. The zero-order valence-corrected chi connectivity index (χ0v) is 12.0. The molecule has 1 aliphatic rings. The van der Waals surface area contributed by atoms with Crippen molar-refractivity contribution in [3.05, 3.63) is 23.2 Å². The first-order valence-electron chi connectivity index (χ1n) is 6.58. The van der Waals surface area contributed by atoms with Crippen LogP contribution in [0.25, 0.3) is 0 Å². The molecule has 0 saturated heterocycles. The highest BCUT2D eigenvalue weighted by Gasteiger charge is 2.20. The van der Waals surface area contributed by atoms with E-state index in [0.717, 1.165) is 37.1 Å². The molecule has 2 aromatic rings. The van der Waals surface area contributed by atoms with Gasteiger partial charge in [-0.2, -0.15) is 0 Å². The SMILES string of the molecule is CCNC(C)c1cnc(N2CCn3cnnc3C2)s1. The van der Waals surface area contributed by atoms with Crippen molar-refractivity contribution < 1.29 is 0 Å². The van der Waals surface area contributed by atoms with Gasteiger partial charge in [0.1, 0.15) is 6.33 Å². The highest BCUT2D eigenvalue weighted by molar-refractivity contribution is 7.15. The highest BCUT2D eigenvalue weighted by atomic mass is 32.1. The Labute approximate surface area is 116 Å². The van der Waals surface area contributed by atoms with Crippen molar-refractivity contribution in [1.29, 1.82) is 0 Å². The third-order valence-corrected chi connectivity index (χ3v) is 4.60. The molecule has 0 fully saturated rings. The van der Waals surface area contributed by atoms with Gasteiger partial charge in [-0.1, -0.05) is 6.92 Å². The molecular weight excluding hydrogens is 260 g/mol. The Kier molecular flexibility index (Phi) is 3.48. The minimum atomic E-state index is 0.365. The van der Waals surface area contributed by atoms with Gasteiger partial charge >= 0.3 is 0 Å². The van der Waals surface area contributed by atoms with Crippen LogP contribution in [0, 0.1) is 0 Å². The van der Waals surface area contributed by atoms with Gasteiger partial charge in [-0.3, -0.25) is 0 Å². The molecule has 0 bridgehead atoms. The van der Waals surface area contributed by atoms with Gasteiger partial charge in [0.15, 0.2) is 11.0 Å². The molecule has 0 radical (unpaired) electrons. The first-order chi connectivity index (χ1) is 9.28. The minimum absolute atomic E-state index is 0.365. The van der Waals surface area contributed by atoms with Crippen molar-refractivity contribution in [2.75, 3.05) is 18.0 Å². The predicted octanol–water partition coefficient (Wildman–Crippen LogP) is 1.43. The number of rotatable bonds is 4. The number of nitrogens with zero attached hydrogens (tertiary/aromatic N) is 5. The predicted molar refractivity (Wildman–Crippen MR) is 75.3 cm³/mol. The Morgan fingerprint density at radius 1 is 1.47 bits per heavy atom. The van der Waals surface area contributed by atoms with Gasteiger partial charge in [0.2, 0.25) is 0 Å². The van der Waals surface area contributed by atoms with Gasteiger partial charge in [-0.25, -0.2) is 4.98 Å². The molecular formula is C12H18N6S. The maximum absolute atomic E-state index is 4.55. The average molecular weight is 278 g/mol. The van der Waals surface area contributed by atoms with E-state index in [-0.39, 0.29) is 0 Å². The van der Waals surface area contributed by atoms with Gasteiger partial charge in [0.25, 0.3) is 0 Å². The fourth-order valence-corrected chi connectivity index (χ4v) is 3.23. The van der Waals surface area contributed by atoms with Gasteiger partial charge < -0.3 is 14.8 Å². The molecule has 19 heavy (non-hydrogen) atoms. The summed E-state index contributed by atoms with van der Waals surface area (Å²) in [6.45, 7) is 7.96. The molecule has 0 spiro atoms. The summed E-state index contributed by atoms with van der Waals surface area (Å²) >= 11 is 1.76. The van der Waals surface area contributed by atoms with Crippen LogP contribution in [0.15, 0.2) is 12.5 Å². The average Bonchev–Trinajstić information content (AvgIpc) is 3.07. The lowest BCUT2D eigenvalue weighted by molar-refractivity contribution is 0.559. The summed E-state index contributed by atoms with van der Waals surface area (Å²) in [7, 11) is 0. The van der Waals surface area contributed by atoms with E-state index in [0.29, 0.717) is 6.04 Å². The number of aromatic nitrogens is 4. The van der Waals surface area contributed by atoms with Gasteiger partial charge in [0, 0.05) is 30.2 Å². The van der Waals surface area contributed by atoms with Crippen molar-refractivity contribution in [2.45, 2.75) is 33.0 Å². The molecule has 2 aromatic heterocycles. The molecule has 0 aliphatic carbocycles. The molecule has 3 heterocycles. The Morgan fingerprint density at radius 3 is 3.21 bits per heavy atom. The third-order valence-electron chi connectivity index (χ3n) is 3.36. The molecule has 1 unspecified atom stereocenters. The minimum Gasteiger partial charge on any atom is -0.339 e. The summed E-state index contributed by atoms with van der Waals surface area (Å²) in [5, 5.41) is 12.6. The second-order valence-electron chi connectivity index (χ2n) is 4.69. The van der Waals surface area contributed by atoms with Crippen LogP contribution in [0.2, 0.25) is 0 Å². The van der Waals surface area contributed by atoms with Crippen LogP contribution in [-0.2, 0) is 13.1 Å². The maximum atomic E-state index is 4.55. The van der Waals surface area contributed by atoms with Crippen LogP contribution in [0.5, 0.6) is 0 Å². The number of anilines is 1. The first-order valence-corrected chi connectivity index (χ1v) is 7.40. The van der Waals surface area contributed by atoms with Crippen molar-refractivity contribution in [2.24, 2.45) is 0 Å². The topological polar surface area (TPSA) is 58.9 Å². The van der Waals surface area contributed by atoms with E-state index in [1.807, 2.05) is 6.20 Å². The van der Waals surface area contributed by atoms with E-state index < -0.39 is 0 Å². The van der Waals surface area contributed by atoms with Crippen molar-refractivity contribution >= 4 is 16.5 Å². The monoisotopic (exact) mass is 278 g/mol. The Morgan fingerprint density at radius 2 is 2.37 bits per heavy atom. The lowest BCUT2D eigenvalue weighted by Crippen LogP contribution is -2.33. The lowest BCUT2D eigenvalue weighted by Gasteiger charge is -2.26. The van der Waals surface area contributed by atoms with Gasteiger partial charge in [-0.05, 0) is 13.5 Å². The summed E-state index contributed by atoms with van der Waals surface area (Å²) < 4.78 is 2.10. The number of fused-ring (bicyclic) bond motifs is 1. The van der Waals surface area contributed by atoms with Gasteiger partial charge in [-0.15, -0.1) is 21.5 Å². The Hall–Kier alpha value is -1.47. The quantitative estimate of drug-likeness (QED) is 0.916. The summed E-state index contributed by atoms with van der Waals surface area (Å²) in [5.74, 6) is 1.02. The van der Waals surface area contributed by atoms with E-state index in [4.69, 9.17) is 0 Å². The second-order valence-corrected chi connectivity index (χ2v) is 5.73. The van der Waals surface area contributed by atoms with Crippen LogP contribution < -0.4 is 10.2 Å². The number of nitrogens with one attached hydrogen (secondary N) is 1. The van der Waals surface area contributed by atoms with Crippen LogP contribution in [0.4, 0.5) is 5.13 Å². The van der Waals surface area contributed by atoms with Crippen LogP contribution in [0.3, 0.4) is 0 Å². The molecule has 6 nitrogen and oxygen atoms in total. The van der Waals surface area contributed by atoms with Crippen LogP contribution in [-0.4, -0.2) is 32.8 Å². The third kappa shape index (κ3) is 2.48. The molecule has 3 rings (SSSR count). The zero-order chi connectivity index (χ0) is 13.2. The van der Waals surface area contributed by atoms with E-state index in [1.54, 1.807) is 17.7 Å². The molecule has 1 N–H and O–H groups in total. The second kappa shape index (κ2) is 5.26. The molecule has 7 heteroatoms. The van der Waals surface area contributed by atoms with E-state index in [1.165, 1.54) is 4.88 Å². The number of hydrogen-bond acceptors (Lipinski definition) is 6. The number of hydrogen-bond donors (Lipinski definition) is 1. The van der Waals surface area contributed by atoms with E-state index >= 15 is 0 Å². The lowest BCUT2D eigenvalue weighted by atomic mass is 10.3. The Balaban J connectivity index is 1.74. The van der Waals surface area contributed by atoms with Gasteiger partial charge in [0.05, 0.1) is 6.54 Å². The van der Waals surface area contributed by atoms with Crippen molar-refractivity contribution in [3.63, 3.8) is 0 Å². The van der Waals surface area contributed by atoms with Crippen molar-refractivity contribution in [3.8, 4) is 0 Å². The first kappa shape index (κ1) is 12.6. The zero-order valence-electron chi connectivity index (χ0n) is 11.2. The summed E-state index contributed by atoms with van der Waals surface area (Å²) in [5.41, 5.74) is 0. The standard InChI is InChI=1S/C12H18N6S/c1-3-13-9(2)10-6-14-12(19-10)17-4-5-18-8-15-16-11(18)7-17/h6,8-9,13H,3-5,7H2,1-2H3. The molecule has 102 valence electrons. The molecule has 0 aromatic carbocycles. The maximum Gasteiger partial charge on any atom is 0.186 e. The van der Waals surface area contributed by atoms with Crippen molar-refractivity contribution in [1.82, 2.24) is 25.1 Å². The molecule has 1 aliphatic heterocycles. The van der Waals surface area contributed by atoms with Crippen LogP contribution >= 0.6 is 11.3 Å². The van der Waals surface area contributed by atoms with Crippen LogP contribution in [0.1, 0.15) is 30.6 Å². The fourth-order valence-electron chi connectivity index (χ4n) is 2.26. The smallest absolute Gasteiger partial charge is 0.186 e. The molecule has 1 atom stereocenters. The normalized spacial score (nSPS) is 16.4. The fraction of sp³-hybridized carbons (Fsp3) is 0.583.